The molecule has 0 fully saturated rings. The zero-order valence-corrected chi connectivity index (χ0v) is 11.2. The van der Waals surface area contributed by atoms with Crippen LogP contribution in [0, 0.1) is 13.8 Å². The van der Waals surface area contributed by atoms with E-state index in [9.17, 15) is 9.59 Å². The Morgan fingerprint density at radius 1 is 1.10 bits per heavy atom. The molecule has 0 aliphatic heterocycles. The van der Waals surface area contributed by atoms with E-state index in [0.29, 0.717) is 16.9 Å². The van der Waals surface area contributed by atoms with Crippen molar-refractivity contribution in [3.8, 4) is 0 Å². The minimum absolute atomic E-state index is 0.124. The van der Waals surface area contributed by atoms with Crippen LogP contribution in [0.1, 0.15) is 31.8 Å². The summed E-state index contributed by atoms with van der Waals surface area (Å²) in [7, 11) is 0. The average molecular weight is 270 g/mol. The summed E-state index contributed by atoms with van der Waals surface area (Å²) in [4.78, 5) is 26.9. The Bertz CT molecular complexity index is 681. The van der Waals surface area contributed by atoms with Gasteiger partial charge in [-0.1, -0.05) is 18.2 Å². The summed E-state index contributed by atoms with van der Waals surface area (Å²) < 4.78 is 0. The highest BCUT2D eigenvalue weighted by atomic mass is 16.4. The molecule has 0 aliphatic carbocycles. The third kappa shape index (κ3) is 2.83. The quantitative estimate of drug-likeness (QED) is 0.898. The van der Waals surface area contributed by atoms with E-state index in [-0.39, 0.29) is 11.5 Å². The minimum Gasteiger partial charge on any atom is -0.478 e. The van der Waals surface area contributed by atoms with Crippen LogP contribution in [0.2, 0.25) is 0 Å². The largest absolute Gasteiger partial charge is 0.478 e. The maximum atomic E-state index is 12.1. The topological polar surface area (TPSA) is 79.3 Å². The van der Waals surface area contributed by atoms with Gasteiger partial charge >= 0.3 is 5.97 Å². The first-order valence-electron chi connectivity index (χ1n) is 6.06. The zero-order valence-electron chi connectivity index (χ0n) is 11.2. The van der Waals surface area contributed by atoms with Gasteiger partial charge in [-0.15, -0.1) is 0 Å². The Labute approximate surface area is 116 Å². The van der Waals surface area contributed by atoms with E-state index in [2.05, 4.69) is 10.3 Å². The molecular formula is C15H14N2O3. The zero-order chi connectivity index (χ0) is 14.7. The number of benzene rings is 1. The van der Waals surface area contributed by atoms with E-state index >= 15 is 0 Å². The minimum atomic E-state index is -1.04. The van der Waals surface area contributed by atoms with Crippen molar-refractivity contribution >= 4 is 17.7 Å². The van der Waals surface area contributed by atoms with Gasteiger partial charge in [0.05, 0.1) is 5.56 Å². The van der Waals surface area contributed by atoms with Crippen molar-refractivity contribution in [1.82, 2.24) is 4.98 Å². The number of aromatic nitrogens is 1. The summed E-state index contributed by atoms with van der Waals surface area (Å²) in [5.74, 6) is -0.967. The normalized spacial score (nSPS) is 10.1. The first kappa shape index (κ1) is 13.7. The van der Waals surface area contributed by atoms with Crippen LogP contribution in [0.4, 0.5) is 5.82 Å². The van der Waals surface area contributed by atoms with Crippen LogP contribution in [0.3, 0.4) is 0 Å². The molecule has 2 aromatic rings. The SMILES string of the molecule is Cc1cc(NC(=O)c2ccccc2C)ncc1C(=O)O. The van der Waals surface area contributed by atoms with Crippen molar-refractivity contribution in [3.63, 3.8) is 0 Å². The van der Waals surface area contributed by atoms with Crippen molar-refractivity contribution in [1.29, 1.82) is 0 Å². The molecule has 0 bridgehead atoms. The first-order valence-corrected chi connectivity index (χ1v) is 6.06. The number of hydrogen-bond donors (Lipinski definition) is 2. The first-order chi connectivity index (χ1) is 9.49. The third-order valence-electron chi connectivity index (χ3n) is 2.97. The summed E-state index contributed by atoms with van der Waals surface area (Å²) in [5.41, 5.74) is 2.10. The third-order valence-corrected chi connectivity index (χ3v) is 2.97. The number of nitrogens with zero attached hydrogens (tertiary/aromatic N) is 1. The number of carboxylic acids is 1. The number of aryl methyl sites for hydroxylation is 2. The second kappa shape index (κ2) is 5.52. The number of amides is 1. The van der Waals surface area contributed by atoms with Crippen molar-refractivity contribution in [2.45, 2.75) is 13.8 Å². The standard InChI is InChI=1S/C15H14N2O3/c1-9-5-3-4-6-11(9)14(18)17-13-7-10(2)12(8-16-13)15(19)20/h3-8H,1-2H3,(H,19,20)(H,16,17,18). The molecule has 102 valence electrons. The highest BCUT2D eigenvalue weighted by molar-refractivity contribution is 6.05. The number of carbonyl (C=O) groups excluding carboxylic acids is 1. The highest BCUT2D eigenvalue weighted by Gasteiger charge is 2.12. The predicted molar refractivity (Wildman–Crippen MR) is 75.1 cm³/mol. The molecule has 2 N–H and O–H groups in total. The Balaban J connectivity index is 2.23. The number of nitrogens with one attached hydrogen (secondary N) is 1. The van der Waals surface area contributed by atoms with Crippen LogP contribution in [0.15, 0.2) is 36.5 Å². The van der Waals surface area contributed by atoms with Gasteiger partial charge in [0.25, 0.3) is 5.91 Å². The summed E-state index contributed by atoms with van der Waals surface area (Å²) in [6, 6.07) is 8.76. The lowest BCUT2D eigenvalue weighted by molar-refractivity contribution is 0.0695. The second-order valence-electron chi connectivity index (χ2n) is 4.46. The van der Waals surface area contributed by atoms with E-state index in [1.807, 2.05) is 19.1 Å². The Morgan fingerprint density at radius 3 is 2.40 bits per heavy atom. The van der Waals surface area contributed by atoms with Gasteiger partial charge in [0, 0.05) is 11.8 Å². The maximum absolute atomic E-state index is 12.1. The van der Waals surface area contributed by atoms with Gasteiger partial charge < -0.3 is 10.4 Å². The van der Waals surface area contributed by atoms with Crippen LogP contribution in [0.5, 0.6) is 0 Å². The van der Waals surface area contributed by atoms with Gasteiger partial charge in [-0.25, -0.2) is 9.78 Å². The van der Waals surface area contributed by atoms with Gasteiger partial charge in [0.15, 0.2) is 0 Å². The molecule has 0 saturated heterocycles. The van der Waals surface area contributed by atoms with Gasteiger partial charge in [-0.3, -0.25) is 4.79 Å². The summed E-state index contributed by atoms with van der Waals surface area (Å²) >= 11 is 0. The van der Waals surface area contributed by atoms with Gasteiger partial charge in [-0.05, 0) is 37.1 Å². The monoisotopic (exact) mass is 270 g/mol. The number of carboxylic acid groups (broad SMARTS) is 1. The molecule has 5 nitrogen and oxygen atoms in total. The molecule has 1 amide bonds. The van der Waals surface area contributed by atoms with Crippen LogP contribution < -0.4 is 5.32 Å². The molecule has 2 rings (SSSR count). The van der Waals surface area contributed by atoms with Gasteiger partial charge in [0.2, 0.25) is 0 Å². The average Bonchev–Trinajstić information content (AvgIpc) is 2.38. The van der Waals surface area contributed by atoms with Crippen molar-refractivity contribution in [2.24, 2.45) is 0 Å². The fourth-order valence-corrected chi connectivity index (χ4v) is 1.86. The van der Waals surface area contributed by atoms with E-state index < -0.39 is 5.97 Å². The highest BCUT2D eigenvalue weighted by Crippen LogP contribution is 2.14. The molecule has 0 saturated carbocycles. The van der Waals surface area contributed by atoms with Gasteiger partial charge in [0.1, 0.15) is 5.82 Å². The fourth-order valence-electron chi connectivity index (χ4n) is 1.86. The number of carbonyl (C=O) groups is 2. The van der Waals surface area contributed by atoms with Crippen LogP contribution in [0.25, 0.3) is 0 Å². The molecule has 0 radical (unpaired) electrons. The van der Waals surface area contributed by atoms with Crippen LogP contribution in [-0.4, -0.2) is 22.0 Å². The van der Waals surface area contributed by atoms with E-state index in [0.717, 1.165) is 5.56 Å². The lowest BCUT2D eigenvalue weighted by Crippen LogP contribution is -2.15. The van der Waals surface area contributed by atoms with Crippen molar-refractivity contribution < 1.29 is 14.7 Å². The molecule has 0 unspecified atom stereocenters. The Hall–Kier alpha value is -2.69. The summed E-state index contributed by atoms with van der Waals surface area (Å²) in [6.45, 7) is 3.51. The number of pyridine rings is 1. The lowest BCUT2D eigenvalue weighted by atomic mass is 10.1. The van der Waals surface area contributed by atoms with Gasteiger partial charge in [-0.2, -0.15) is 0 Å². The van der Waals surface area contributed by atoms with Crippen LogP contribution in [-0.2, 0) is 0 Å². The van der Waals surface area contributed by atoms with E-state index in [4.69, 9.17) is 5.11 Å². The maximum Gasteiger partial charge on any atom is 0.337 e. The Morgan fingerprint density at radius 2 is 1.80 bits per heavy atom. The number of aromatic carboxylic acids is 1. The van der Waals surface area contributed by atoms with Crippen LogP contribution >= 0.6 is 0 Å². The second-order valence-corrected chi connectivity index (χ2v) is 4.46. The van der Waals surface area contributed by atoms with Crippen molar-refractivity contribution in [2.75, 3.05) is 5.32 Å². The molecule has 0 aliphatic rings. The Kier molecular flexibility index (Phi) is 3.79. The molecule has 5 heteroatoms. The molecule has 0 atom stereocenters. The van der Waals surface area contributed by atoms with E-state index in [1.165, 1.54) is 6.20 Å². The predicted octanol–water partition coefficient (Wildman–Crippen LogP) is 2.65. The number of anilines is 1. The number of hydrogen-bond acceptors (Lipinski definition) is 3. The van der Waals surface area contributed by atoms with Crippen molar-refractivity contribution in [3.05, 3.63) is 58.8 Å². The summed E-state index contributed by atoms with van der Waals surface area (Å²) in [6.07, 6.45) is 1.24. The van der Waals surface area contributed by atoms with E-state index in [1.54, 1.807) is 25.1 Å². The molecule has 1 heterocycles. The lowest BCUT2D eigenvalue weighted by Gasteiger charge is -2.08. The fraction of sp³-hybridized carbons (Fsp3) is 0.133. The smallest absolute Gasteiger partial charge is 0.337 e. The summed E-state index contributed by atoms with van der Waals surface area (Å²) in [5, 5.41) is 11.6. The molecular weight excluding hydrogens is 256 g/mol. The molecule has 20 heavy (non-hydrogen) atoms. The number of rotatable bonds is 3. The molecule has 0 spiro atoms. The molecule has 1 aromatic heterocycles. The molecule has 1 aromatic carbocycles.